The summed E-state index contributed by atoms with van der Waals surface area (Å²) in [6.07, 6.45) is 3.10. The fourth-order valence-corrected chi connectivity index (χ4v) is 3.63. The van der Waals surface area contributed by atoms with E-state index in [9.17, 15) is 14.4 Å². The van der Waals surface area contributed by atoms with Gasteiger partial charge in [0.2, 0.25) is 5.91 Å². The van der Waals surface area contributed by atoms with Crippen LogP contribution in [0.15, 0.2) is 18.2 Å². The Hall–Kier alpha value is -2.77. The van der Waals surface area contributed by atoms with Crippen LogP contribution in [0.4, 0.5) is 4.79 Å². The maximum absolute atomic E-state index is 12.6. The summed E-state index contributed by atoms with van der Waals surface area (Å²) in [5.41, 5.74) is 0.0351. The molecule has 1 aliphatic heterocycles. The quantitative estimate of drug-likeness (QED) is 0.705. The molecular formula is C19H25N3O5. The van der Waals surface area contributed by atoms with Crippen LogP contribution in [0.2, 0.25) is 0 Å². The molecule has 27 heavy (non-hydrogen) atoms. The van der Waals surface area contributed by atoms with Crippen molar-refractivity contribution in [1.82, 2.24) is 15.5 Å². The number of nitrogens with zero attached hydrogens (tertiary/aromatic N) is 1. The number of imide groups is 1. The van der Waals surface area contributed by atoms with Crippen LogP contribution in [-0.4, -0.2) is 48.5 Å². The molecule has 3 rings (SSSR count). The SMILES string of the molecule is CCOc1ccc(CNC(=O)CN2C(=O)NC3(CCCC3)C2=O)cc1OC. The zero-order chi connectivity index (χ0) is 19.4. The van der Waals surface area contributed by atoms with Crippen molar-refractivity contribution >= 4 is 17.8 Å². The lowest BCUT2D eigenvalue weighted by atomic mass is 9.98. The minimum atomic E-state index is -0.792. The molecule has 0 radical (unpaired) electrons. The lowest BCUT2D eigenvalue weighted by molar-refractivity contribution is -0.134. The summed E-state index contributed by atoms with van der Waals surface area (Å²) in [5, 5.41) is 5.51. The Morgan fingerprint density at radius 1 is 1.26 bits per heavy atom. The Morgan fingerprint density at radius 2 is 2.00 bits per heavy atom. The molecule has 1 spiro atoms. The fraction of sp³-hybridized carbons (Fsp3) is 0.526. The Morgan fingerprint density at radius 3 is 2.67 bits per heavy atom. The number of ether oxygens (including phenoxy) is 2. The number of amides is 4. The molecule has 2 N–H and O–H groups in total. The zero-order valence-corrected chi connectivity index (χ0v) is 15.7. The number of hydrogen-bond acceptors (Lipinski definition) is 5. The summed E-state index contributed by atoms with van der Waals surface area (Å²) < 4.78 is 10.8. The third-order valence-electron chi connectivity index (χ3n) is 5.02. The smallest absolute Gasteiger partial charge is 0.325 e. The van der Waals surface area contributed by atoms with Crippen LogP contribution in [0.3, 0.4) is 0 Å². The van der Waals surface area contributed by atoms with Crippen molar-refractivity contribution in [3.05, 3.63) is 23.8 Å². The van der Waals surface area contributed by atoms with Gasteiger partial charge in [-0.1, -0.05) is 18.9 Å². The molecule has 1 aliphatic carbocycles. The zero-order valence-electron chi connectivity index (χ0n) is 15.7. The van der Waals surface area contributed by atoms with Gasteiger partial charge in [-0.3, -0.25) is 14.5 Å². The van der Waals surface area contributed by atoms with E-state index in [0.29, 0.717) is 30.9 Å². The first kappa shape index (κ1) is 19.0. The summed E-state index contributed by atoms with van der Waals surface area (Å²) in [6, 6.07) is 4.91. The van der Waals surface area contributed by atoms with Crippen molar-refractivity contribution in [2.75, 3.05) is 20.3 Å². The second-order valence-electron chi connectivity index (χ2n) is 6.81. The minimum absolute atomic E-state index is 0.260. The number of methoxy groups -OCH3 is 1. The van der Waals surface area contributed by atoms with Gasteiger partial charge in [0.15, 0.2) is 11.5 Å². The van der Waals surface area contributed by atoms with Gasteiger partial charge in [0.25, 0.3) is 5.91 Å². The van der Waals surface area contributed by atoms with Crippen molar-refractivity contribution in [3.63, 3.8) is 0 Å². The van der Waals surface area contributed by atoms with Gasteiger partial charge in [0.1, 0.15) is 12.1 Å². The Balaban J connectivity index is 1.57. The number of rotatable bonds is 7. The number of nitrogens with one attached hydrogen (secondary N) is 2. The molecule has 8 heteroatoms. The minimum Gasteiger partial charge on any atom is -0.493 e. The average molecular weight is 375 g/mol. The second kappa shape index (κ2) is 7.85. The van der Waals surface area contributed by atoms with Gasteiger partial charge in [-0.15, -0.1) is 0 Å². The van der Waals surface area contributed by atoms with Gasteiger partial charge in [0, 0.05) is 6.54 Å². The Kier molecular flexibility index (Phi) is 5.53. The predicted octanol–water partition coefficient (Wildman–Crippen LogP) is 1.57. The number of carbonyl (C=O) groups excluding carboxylic acids is 3. The molecule has 8 nitrogen and oxygen atoms in total. The van der Waals surface area contributed by atoms with E-state index in [1.54, 1.807) is 19.2 Å². The highest BCUT2D eigenvalue weighted by Crippen LogP contribution is 2.34. The van der Waals surface area contributed by atoms with Crippen molar-refractivity contribution < 1.29 is 23.9 Å². The molecule has 4 amide bonds. The van der Waals surface area contributed by atoms with E-state index >= 15 is 0 Å². The van der Waals surface area contributed by atoms with Crippen LogP contribution in [-0.2, 0) is 16.1 Å². The van der Waals surface area contributed by atoms with E-state index in [4.69, 9.17) is 9.47 Å². The number of urea groups is 1. The standard InChI is InChI=1S/C19H25N3O5/c1-3-27-14-7-6-13(10-15(14)26-2)11-20-16(23)12-22-17(24)19(21-18(22)25)8-4-5-9-19/h6-7,10H,3-5,8-9,11-12H2,1-2H3,(H,20,23)(H,21,25). The van der Waals surface area contributed by atoms with Crippen LogP contribution in [0.1, 0.15) is 38.2 Å². The molecular weight excluding hydrogens is 350 g/mol. The summed E-state index contributed by atoms with van der Waals surface area (Å²) in [6.45, 7) is 2.40. The summed E-state index contributed by atoms with van der Waals surface area (Å²) in [5.74, 6) is 0.543. The maximum Gasteiger partial charge on any atom is 0.325 e. The normalized spacial score (nSPS) is 17.9. The molecule has 1 aromatic carbocycles. The van der Waals surface area contributed by atoms with E-state index in [1.807, 2.05) is 13.0 Å². The van der Waals surface area contributed by atoms with Crippen molar-refractivity contribution in [2.24, 2.45) is 0 Å². The molecule has 1 heterocycles. The van der Waals surface area contributed by atoms with E-state index in [2.05, 4.69) is 10.6 Å². The monoisotopic (exact) mass is 375 g/mol. The van der Waals surface area contributed by atoms with Crippen LogP contribution < -0.4 is 20.1 Å². The Bertz CT molecular complexity index is 743. The fourth-order valence-electron chi connectivity index (χ4n) is 3.63. The van der Waals surface area contributed by atoms with Crippen LogP contribution in [0.5, 0.6) is 11.5 Å². The van der Waals surface area contributed by atoms with Gasteiger partial charge in [-0.25, -0.2) is 4.79 Å². The number of hydrogen-bond donors (Lipinski definition) is 2. The van der Waals surface area contributed by atoms with Crippen LogP contribution in [0.25, 0.3) is 0 Å². The summed E-state index contributed by atoms with van der Waals surface area (Å²) >= 11 is 0. The van der Waals surface area contributed by atoms with E-state index in [-0.39, 0.29) is 24.9 Å². The highest BCUT2D eigenvalue weighted by Gasteiger charge is 2.52. The first-order valence-corrected chi connectivity index (χ1v) is 9.19. The predicted molar refractivity (Wildman–Crippen MR) is 97.5 cm³/mol. The largest absolute Gasteiger partial charge is 0.493 e. The molecule has 1 saturated heterocycles. The maximum atomic E-state index is 12.6. The summed E-state index contributed by atoms with van der Waals surface area (Å²) in [7, 11) is 1.55. The molecule has 0 aromatic heterocycles. The first-order chi connectivity index (χ1) is 13.0. The van der Waals surface area contributed by atoms with Gasteiger partial charge in [-0.2, -0.15) is 0 Å². The third kappa shape index (κ3) is 3.84. The molecule has 146 valence electrons. The molecule has 0 atom stereocenters. The number of carbonyl (C=O) groups is 3. The summed E-state index contributed by atoms with van der Waals surface area (Å²) in [4.78, 5) is 37.9. The van der Waals surface area contributed by atoms with Crippen molar-refractivity contribution in [2.45, 2.75) is 44.7 Å². The lowest BCUT2D eigenvalue weighted by Gasteiger charge is -2.19. The topological polar surface area (TPSA) is 97.0 Å². The molecule has 2 aliphatic rings. The molecule has 0 unspecified atom stereocenters. The van der Waals surface area contributed by atoms with E-state index < -0.39 is 11.6 Å². The second-order valence-corrected chi connectivity index (χ2v) is 6.81. The molecule has 1 aromatic rings. The van der Waals surface area contributed by atoms with Gasteiger partial charge in [-0.05, 0) is 37.5 Å². The van der Waals surface area contributed by atoms with E-state index in [1.165, 1.54) is 0 Å². The van der Waals surface area contributed by atoms with Gasteiger partial charge in [0.05, 0.1) is 13.7 Å². The highest BCUT2D eigenvalue weighted by atomic mass is 16.5. The first-order valence-electron chi connectivity index (χ1n) is 9.19. The van der Waals surface area contributed by atoms with Crippen molar-refractivity contribution in [1.29, 1.82) is 0 Å². The number of benzene rings is 1. The van der Waals surface area contributed by atoms with Gasteiger partial charge < -0.3 is 20.1 Å². The van der Waals surface area contributed by atoms with Crippen LogP contribution in [0, 0.1) is 0 Å². The molecule has 2 fully saturated rings. The Labute approximate surface area is 158 Å². The highest BCUT2D eigenvalue weighted by molar-refractivity contribution is 6.09. The lowest BCUT2D eigenvalue weighted by Crippen LogP contribution is -2.45. The van der Waals surface area contributed by atoms with Crippen molar-refractivity contribution in [3.8, 4) is 11.5 Å². The average Bonchev–Trinajstić information content (AvgIpc) is 3.22. The van der Waals surface area contributed by atoms with Gasteiger partial charge >= 0.3 is 6.03 Å². The molecule has 0 bridgehead atoms. The third-order valence-corrected chi connectivity index (χ3v) is 5.02. The van der Waals surface area contributed by atoms with Crippen LogP contribution >= 0.6 is 0 Å². The van der Waals surface area contributed by atoms with E-state index in [0.717, 1.165) is 23.3 Å². The molecule has 1 saturated carbocycles.